The Kier molecular flexibility index (Phi) is 5.40. The van der Waals surface area contributed by atoms with Crippen LogP contribution in [0.2, 0.25) is 0 Å². The minimum atomic E-state index is 0.0818. The van der Waals surface area contributed by atoms with Gasteiger partial charge in [0.05, 0.1) is 28.4 Å². The Balaban J connectivity index is 2.41. The highest BCUT2D eigenvalue weighted by molar-refractivity contribution is 5.85. The molecule has 0 saturated heterocycles. The Bertz CT molecular complexity index is 843. The van der Waals surface area contributed by atoms with E-state index in [0.29, 0.717) is 29.1 Å². The molecule has 1 aliphatic carbocycles. The van der Waals surface area contributed by atoms with Crippen LogP contribution in [-0.4, -0.2) is 33.5 Å². The molecule has 0 aromatic heterocycles. The van der Waals surface area contributed by atoms with Crippen LogP contribution in [0.4, 0.5) is 0 Å². The van der Waals surface area contributed by atoms with Gasteiger partial charge in [0.2, 0.25) is 5.75 Å². The lowest BCUT2D eigenvalue weighted by atomic mass is 9.77. The van der Waals surface area contributed by atoms with Crippen LogP contribution < -0.4 is 18.9 Å². The van der Waals surface area contributed by atoms with E-state index in [1.165, 1.54) is 7.11 Å². The summed E-state index contributed by atoms with van der Waals surface area (Å²) in [5.41, 5.74) is 3.76. The van der Waals surface area contributed by atoms with Gasteiger partial charge in [-0.1, -0.05) is 13.8 Å². The van der Waals surface area contributed by atoms with Gasteiger partial charge in [-0.15, -0.1) is 0 Å². The Labute approximate surface area is 160 Å². The zero-order valence-corrected chi connectivity index (χ0v) is 16.9. The number of methoxy groups -OCH3 is 4. The van der Waals surface area contributed by atoms with Crippen LogP contribution in [0, 0.1) is 11.8 Å². The zero-order chi connectivity index (χ0) is 19.7. The molecular formula is C22H28O5. The zero-order valence-electron chi connectivity index (χ0n) is 16.9. The molecule has 0 fully saturated rings. The largest absolute Gasteiger partial charge is 0.504 e. The second-order valence-corrected chi connectivity index (χ2v) is 7.22. The average molecular weight is 372 g/mol. The minimum absolute atomic E-state index is 0.0818. The third-order valence-corrected chi connectivity index (χ3v) is 5.64. The van der Waals surface area contributed by atoms with Crippen molar-refractivity contribution in [3.63, 3.8) is 0 Å². The first-order chi connectivity index (χ1) is 12.9. The van der Waals surface area contributed by atoms with E-state index in [1.807, 2.05) is 18.2 Å². The average Bonchev–Trinajstić information content (AvgIpc) is 2.66. The molecule has 0 aliphatic heterocycles. The maximum atomic E-state index is 11.1. The first-order valence-electron chi connectivity index (χ1n) is 9.17. The molecule has 1 aliphatic rings. The van der Waals surface area contributed by atoms with Crippen LogP contribution in [0.1, 0.15) is 25.0 Å². The van der Waals surface area contributed by atoms with Crippen molar-refractivity contribution >= 4 is 0 Å². The predicted molar refractivity (Wildman–Crippen MR) is 105 cm³/mol. The second kappa shape index (κ2) is 7.59. The molecule has 0 radical (unpaired) electrons. The molecule has 0 saturated carbocycles. The first-order valence-corrected chi connectivity index (χ1v) is 9.17. The Morgan fingerprint density at radius 2 is 1.33 bits per heavy atom. The fourth-order valence-corrected chi connectivity index (χ4v) is 3.93. The van der Waals surface area contributed by atoms with Gasteiger partial charge in [-0.2, -0.15) is 0 Å². The highest BCUT2D eigenvalue weighted by atomic mass is 16.5. The summed E-state index contributed by atoms with van der Waals surface area (Å²) >= 11 is 0. The second-order valence-electron chi connectivity index (χ2n) is 7.22. The smallest absolute Gasteiger partial charge is 0.203 e. The van der Waals surface area contributed by atoms with E-state index in [4.69, 9.17) is 18.9 Å². The molecule has 0 amide bonds. The lowest BCUT2D eigenvalue weighted by molar-refractivity contribution is 0.330. The van der Waals surface area contributed by atoms with Crippen molar-refractivity contribution in [3.05, 3.63) is 29.3 Å². The van der Waals surface area contributed by atoms with Gasteiger partial charge in [-0.25, -0.2) is 0 Å². The number of phenolic OH excluding ortho intramolecular Hbond substituents is 1. The topological polar surface area (TPSA) is 57.2 Å². The molecular weight excluding hydrogens is 344 g/mol. The lowest BCUT2D eigenvalue weighted by Gasteiger charge is -2.29. The highest BCUT2D eigenvalue weighted by Crippen LogP contribution is 2.52. The Hall–Kier alpha value is -2.56. The van der Waals surface area contributed by atoms with E-state index in [0.717, 1.165) is 40.8 Å². The van der Waals surface area contributed by atoms with Gasteiger partial charge in [0, 0.05) is 17.2 Å². The first kappa shape index (κ1) is 19.2. The number of hydrogen-bond donors (Lipinski definition) is 1. The molecule has 0 heterocycles. The molecule has 2 aromatic rings. The van der Waals surface area contributed by atoms with Gasteiger partial charge < -0.3 is 24.1 Å². The number of phenols is 1. The van der Waals surface area contributed by atoms with Gasteiger partial charge in [0.15, 0.2) is 11.5 Å². The molecule has 146 valence electrons. The number of aromatic hydroxyl groups is 1. The highest BCUT2D eigenvalue weighted by Gasteiger charge is 2.30. The number of hydrogen-bond acceptors (Lipinski definition) is 5. The van der Waals surface area contributed by atoms with Gasteiger partial charge in [-0.05, 0) is 47.9 Å². The summed E-state index contributed by atoms with van der Waals surface area (Å²) in [4.78, 5) is 0. The van der Waals surface area contributed by atoms with Gasteiger partial charge >= 0.3 is 0 Å². The van der Waals surface area contributed by atoms with Crippen molar-refractivity contribution in [2.45, 2.75) is 26.7 Å². The van der Waals surface area contributed by atoms with Crippen LogP contribution in [0.25, 0.3) is 11.1 Å². The van der Waals surface area contributed by atoms with Crippen LogP contribution in [-0.2, 0) is 12.8 Å². The predicted octanol–water partition coefficient (Wildman–Crippen LogP) is 4.46. The molecule has 27 heavy (non-hydrogen) atoms. The van der Waals surface area contributed by atoms with Crippen molar-refractivity contribution in [1.82, 2.24) is 0 Å². The lowest BCUT2D eigenvalue weighted by Crippen LogP contribution is -2.18. The number of ether oxygens (including phenoxy) is 4. The molecule has 5 nitrogen and oxygen atoms in total. The van der Waals surface area contributed by atoms with Gasteiger partial charge in [0.1, 0.15) is 11.5 Å². The van der Waals surface area contributed by atoms with Gasteiger partial charge in [-0.3, -0.25) is 0 Å². The fraction of sp³-hybridized carbons (Fsp3) is 0.455. The van der Waals surface area contributed by atoms with Crippen molar-refractivity contribution < 1.29 is 24.1 Å². The molecule has 2 aromatic carbocycles. The van der Waals surface area contributed by atoms with Crippen LogP contribution in [0.15, 0.2) is 18.2 Å². The molecule has 3 rings (SSSR count). The minimum Gasteiger partial charge on any atom is -0.504 e. The molecule has 0 bridgehead atoms. The molecule has 0 spiro atoms. The summed E-state index contributed by atoms with van der Waals surface area (Å²) in [5, 5.41) is 11.1. The van der Waals surface area contributed by atoms with Gasteiger partial charge in [0.25, 0.3) is 0 Å². The monoisotopic (exact) mass is 372 g/mol. The van der Waals surface area contributed by atoms with E-state index in [-0.39, 0.29) is 5.75 Å². The van der Waals surface area contributed by atoms with E-state index in [1.54, 1.807) is 21.3 Å². The maximum absolute atomic E-state index is 11.1. The quantitative estimate of drug-likeness (QED) is 0.858. The molecule has 0 unspecified atom stereocenters. The summed E-state index contributed by atoms with van der Waals surface area (Å²) in [6, 6.07) is 5.86. The SMILES string of the molecule is COc1cc2c(c(OC)c1)-c1c(cc(OC)c(OC)c1O)C[C@H](C)[C@H](C)C2. The van der Waals surface area contributed by atoms with Crippen LogP contribution in [0.3, 0.4) is 0 Å². The fourth-order valence-electron chi connectivity index (χ4n) is 3.93. The van der Waals surface area contributed by atoms with E-state index in [2.05, 4.69) is 13.8 Å². The van der Waals surface area contributed by atoms with E-state index in [9.17, 15) is 5.11 Å². The Morgan fingerprint density at radius 1 is 0.741 bits per heavy atom. The molecule has 2 atom stereocenters. The van der Waals surface area contributed by atoms with Crippen LogP contribution >= 0.6 is 0 Å². The molecule has 1 N–H and O–H groups in total. The maximum Gasteiger partial charge on any atom is 0.203 e. The summed E-state index contributed by atoms with van der Waals surface area (Å²) in [6.07, 6.45) is 1.70. The van der Waals surface area contributed by atoms with E-state index < -0.39 is 0 Å². The standard InChI is InChI=1S/C22H28O5/c1-12-7-14-9-16(24-3)11-17(25-4)19(14)20-15(8-13(12)2)10-18(26-5)22(27-6)21(20)23/h9-13,23H,7-8H2,1-6H3/t12-,13+/m1/s1. The number of fused-ring (bicyclic) bond motifs is 3. The number of rotatable bonds is 4. The van der Waals surface area contributed by atoms with Crippen LogP contribution in [0.5, 0.6) is 28.7 Å². The van der Waals surface area contributed by atoms with Crippen molar-refractivity contribution in [3.8, 4) is 39.9 Å². The summed E-state index contributed by atoms with van der Waals surface area (Å²) in [7, 11) is 6.40. The summed E-state index contributed by atoms with van der Waals surface area (Å²) in [5.74, 6) is 3.26. The molecule has 5 heteroatoms. The third kappa shape index (κ3) is 3.27. The van der Waals surface area contributed by atoms with Crippen molar-refractivity contribution in [2.24, 2.45) is 11.8 Å². The van der Waals surface area contributed by atoms with Crippen molar-refractivity contribution in [2.75, 3.05) is 28.4 Å². The summed E-state index contributed by atoms with van der Waals surface area (Å²) in [6.45, 7) is 4.50. The van der Waals surface area contributed by atoms with Crippen molar-refractivity contribution in [1.29, 1.82) is 0 Å². The van der Waals surface area contributed by atoms with E-state index >= 15 is 0 Å². The number of benzene rings is 2. The third-order valence-electron chi connectivity index (χ3n) is 5.64. The summed E-state index contributed by atoms with van der Waals surface area (Å²) < 4.78 is 22.1. The Morgan fingerprint density at radius 3 is 1.85 bits per heavy atom. The normalized spacial score (nSPS) is 18.6.